The average Bonchev–Trinajstić information content (AvgIpc) is 2.70. The molecule has 150 valence electrons. The van der Waals surface area contributed by atoms with Crippen LogP contribution in [0.15, 0.2) is 76.7 Å². The van der Waals surface area contributed by atoms with Gasteiger partial charge in [-0.3, -0.25) is 0 Å². The van der Waals surface area contributed by atoms with Gasteiger partial charge in [0.15, 0.2) is 0 Å². The molecule has 29 heavy (non-hydrogen) atoms. The highest BCUT2D eigenvalue weighted by atomic mass is 32.2. The highest BCUT2D eigenvalue weighted by molar-refractivity contribution is 7.89. The maximum atomic E-state index is 12.4. The molecule has 3 aromatic rings. The van der Waals surface area contributed by atoms with Crippen molar-refractivity contribution in [3.63, 3.8) is 0 Å². The van der Waals surface area contributed by atoms with Gasteiger partial charge in [0.25, 0.3) is 10.0 Å². The van der Waals surface area contributed by atoms with Gasteiger partial charge in [0.2, 0.25) is 0 Å². The van der Waals surface area contributed by atoms with Gasteiger partial charge in [0.05, 0.1) is 11.1 Å². The Kier molecular flexibility index (Phi) is 6.34. The van der Waals surface area contributed by atoms with Crippen LogP contribution >= 0.6 is 0 Å². The molecule has 0 bridgehead atoms. The summed E-state index contributed by atoms with van der Waals surface area (Å²) >= 11 is 0. The number of sulfonamides is 1. The Balaban J connectivity index is 1.59. The molecule has 0 saturated carbocycles. The quantitative estimate of drug-likeness (QED) is 0.462. The number of hydrogen-bond acceptors (Lipinski definition) is 4. The first-order valence-corrected chi connectivity index (χ1v) is 10.7. The second kappa shape index (κ2) is 8.92. The van der Waals surface area contributed by atoms with E-state index in [2.05, 4.69) is 22.1 Å². The maximum absolute atomic E-state index is 12.4. The fourth-order valence-corrected chi connectivity index (χ4v) is 3.84. The summed E-state index contributed by atoms with van der Waals surface area (Å²) < 4.78 is 30.7. The minimum atomic E-state index is -3.71. The summed E-state index contributed by atoms with van der Waals surface area (Å²) in [6.07, 6.45) is 1.46. The number of nitrogens with zero attached hydrogens (tertiary/aromatic N) is 1. The Hall–Kier alpha value is -3.12. The molecule has 0 spiro atoms. The Morgan fingerprint density at radius 2 is 1.55 bits per heavy atom. The largest absolute Gasteiger partial charge is 0.489 e. The molecule has 0 aromatic heterocycles. The van der Waals surface area contributed by atoms with Crippen molar-refractivity contribution < 1.29 is 13.2 Å². The van der Waals surface area contributed by atoms with Gasteiger partial charge < -0.3 is 4.74 Å². The van der Waals surface area contributed by atoms with Crippen molar-refractivity contribution >= 4 is 16.2 Å². The molecule has 1 N–H and O–H groups in total. The summed E-state index contributed by atoms with van der Waals surface area (Å²) in [6.45, 7) is 6.15. The SMILES string of the molecule is Cc1ccc(COc2ccc(/C=N\NS(=O)(=O)c3cc(C)ccc3C)cc2)cc1. The zero-order valence-corrected chi connectivity index (χ0v) is 17.5. The first-order valence-electron chi connectivity index (χ1n) is 9.24. The molecule has 0 unspecified atom stereocenters. The third kappa shape index (κ3) is 5.68. The van der Waals surface area contributed by atoms with Crippen molar-refractivity contribution in [2.24, 2.45) is 5.10 Å². The molecule has 0 heterocycles. The summed E-state index contributed by atoms with van der Waals surface area (Å²) in [4.78, 5) is 2.50. The molecule has 6 heteroatoms. The van der Waals surface area contributed by atoms with Crippen molar-refractivity contribution in [3.8, 4) is 5.75 Å². The molecule has 0 aliphatic carbocycles. The normalized spacial score (nSPS) is 11.6. The van der Waals surface area contributed by atoms with Gasteiger partial charge in [0.1, 0.15) is 12.4 Å². The summed E-state index contributed by atoms with van der Waals surface area (Å²) in [5.41, 5.74) is 4.62. The Morgan fingerprint density at radius 3 is 2.24 bits per heavy atom. The van der Waals surface area contributed by atoms with Gasteiger partial charge in [-0.15, -0.1) is 0 Å². The minimum Gasteiger partial charge on any atom is -0.489 e. The number of hydrazone groups is 1. The molecular formula is C23H24N2O3S. The van der Waals surface area contributed by atoms with E-state index in [1.807, 2.05) is 56.3 Å². The van der Waals surface area contributed by atoms with Crippen LogP contribution in [0.1, 0.15) is 27.8 Å². The molecule has 0 aliphatic heterocycles. The van der Waals surface area contributed by atoms with Crippen LogP contribution in [0.3, 0.4) is 0 Å². The van der Waals surface area contributed by atoms with Gasteiger partial charge in [-0.1, -0.05) is 42.0 Å². The summed E-state index contributed by atoms with van der Waals surface area (Å²) in [5.74, 6) is 0.735. The molecular weight excluding hydrogens is 384 g/mol. The lowest BCUT2D eigenvalue weighted by Crippen LogP contribution is -2.19. The predicted molar refractivity (Wildman–Crippen MR) is 116 cm³/mol. The van der Waals surface area contributed by atoms with Crippen molar-refractivity contribution in [2.75, 3.05) is 0 Å². The third-order valence-corrected chi connectivity index (χ3v) is 5.79. The lowest BCUT2D eigenvalue weighted by atomic mass is 10.2. The van der Waals surface area contributed by atoms with E-state index in [1.165, 1.54) is 11.8 Å². The highest BCUT2D eigenvalue weighted by Crippen LogP contribution is 2.17. The molecule has 0 radical (unpaired) electrons. The number of aryl methyl sites for hydroxylation is 3. The second-order valence-electron chi connectivity index (χ2n) is 6.97. The fraction of sp³-hybridized carbons (Fsp3) is 0.174. The van der Waals surface area contributed by atoms with E-state index in [0.717, 1.165) is 22.4 Å². The van der Waals surface area contributed by atoms with E-state index < -0.39 is 10.0 Å². The lowest BCUT2D eigenvalue weighted by molar-refractivity contribution is 0.306. The van der Waals surface area contributed by atoms with E-state index >= 15 is 0 Å². The van der Waals surface area contributed by atoms with E-state index in [1.54, 1.807) is 19.1 Å². The number of rotatable bonds is 7. The Labute approximate surface area is 172 Å². The standard InChI is InChI=1S/C23H24N2O3S/c1-17-5-8-21(9-6-17)16-28-22-12-10-20(11-13-22)15-24-25-29(26,27)23-14-18(2)4-7-19(23)3/h4-15,25H,16H2,1-3H3/b24-15-. The Bertz CT molecular complexity index is 1100. The molecule has 0 amide bonds. The first kappa shape index (κ1) is 20.6. The zero-order chi connectivity index (χ0) is 20.9. The molecule has 0 aliphatic rings. The molecule has 0 fully saturated rings. The van der Waals surface area contributed by atoms with E-state index in [-0.39, 0.29) is 4.90 Å². The fourth-order valence-electron chi connectivity index (χ4n) is 2.72. The Morgan fingerprint density at radius 1 is 0.897 bits per heavy atom. The summed E-state index contributed by atoms with van der Waals surface area (Å²) in [6, 6.07) is 20.8. The molecule has 0 atom stereocenters. The van der Waals surface area contributed by atoms with Gasteiger partial charge >= 0.3 is 0 Å². The van der Waals surface area contributed by atoms with Crippen LogP contribution < -0.4 is 9.57 Å². The van der Waals surface area contributed by atoms with Crippen LogP contribution in [0, 0.1) is 20.8 Å². The van der Waals surface area contributed by atoms with Gasteiger partial charge in [-0.25, -0.2) is 4.83 Å². The molecule has 3 rings (SSSR count). The maximum Gasteiger partial charge on any atom is 0.276 e. The molecule has 0 saturated heterocycles. The van der Waals surface area contributed by atoms with E-state index in [9.17, 15) is 8.42 Å². The number of nitrogens with one attached hydrogen (secondary N) is 1. The van der Waals surface area contributed by atoms with Crippen molar-refractivity contribution in [2.45, 2.75) is 32.3 Å². The predicted octanol–water partition coefficient (Wildman–Crippen LogP) is 4.50. The van der Waals surface area contributed by atoms with Crippen molar-refractivity contribution in [1.29, 1.82) is 0 Å². The third-order valence-electron chi connectivity index (χ3n) is 4.43. The molecule has 3 aromatic carbocycles. The number of ether oxygens (including phenoxy) is 1. The molecule has 5 nitrogen and oxygen atoms in total. The van der Waals surface area contributed by atoms with Crippen LogP contribution in [-0.2, 0) is 16.6 Å². The van der Waals surface area contributed by atoms with Crippen LogP contribution in [0.5, 0.6) is 5.75 Å². The van der Waals surface area contributed by atoms with E-state index in [0.29, 0.717) is 12.2 Å². The number of hydrogen-bond donors (Lipinski definition) is 1. The summed E-state index contributed by atoms with van der Waals surface area (Å²) in [7, 11) is -3.71. The lowest BCUT2D eigenvalue weighted by Gasteiger charge is -2.08. The van der Waals surface area contributed by atoms with Crippen LogP contribution in [0.4, 0.5) is 0 Å². The van der Waals surface area contributed by atoms with Gasteiger partial charge in [0, 0.05) is 0 Å². The van der Waals surface area contributed by atoms with Crippen LogP contribution in [0.2, 0.25) is 0 Å². The minimum absolute atomic E-state index is 0.231. The van der Waals surface area contributed by atoms with Crippen molar-refractivity contribution in [3.05, 3.63) is 94.5 Å². The van der Waals surface area contributed by atoms with Crippen molar-refractivity contribution in [1.82, 2.24) is 4.83 Å². The average molecular weight is 409 g/mol. The summed E-state index contributed by atoms with van der Waals surface area (Å²) in [5, 5.41) is 3.89. The monoisotopic (exact) mass is 408 g/mol. The highest BCUT2D eigenvalue weighted by Gasteiger charge is 2.15. The number of benzene rings is 3. The second-order valence-corrected chi connectivity index (χ2v) is 8.59. The van der Waals surface area contributed by atoms with Gasteiger partial charge in [-0.05, 0) is 73.4 Å². The van der Waals surface area contributed by atoms with Crippen LogP contribution in [-0.4, -0.2) is 14.6 Å². The topological polar surface area (TPSA) is 67.8 Å². The smallest absolute Gasteiger partial charge is 0.276 e. The van der Waals surface area contributed by atoms with Gasteiger partial charge in [-0.2, -0.15) is 13.5 Å². The van der Waals surface area contributed by atoms with E-state index in [4.69, 9.17) is 4.74 Å². The first-order chi connectivity index (χ1) is 13.8. The van der Waals surface area contributed by atoms with Crippen LogP contribution in [0.25, 0.3) is 0 Å². The zero-order valence-electron chi connectivity index (χ0n) is 16.7.